The molecule has 1 fully saturated rings. The van der Waals surface area contributed by atoms with Crippen LogP contribution in [-0.4, -0.2) is 19.8 Å². The summed E-state index contributed by atoms with van der Waals surface area (Å²) in [6, 6.07) is 8.77. The molecule has 0 saturated carbocycles. The zero-order valence-electron chi connectivity index (χ0n) is 8.20. The normalized spacial score (nSPS) is 21.9. The van der Waals surface area contributed by atoms with Crippen molar-refractivity contribution in [1.29, 1.82) is 0 Å². The summed E-state index contributed by atoms with van der Waals surface area (Å²) < 4.78 is 5.41. The van der Waals surface area contributed by atoms with Gasteiger partial charge in [-0.05, 0) is 11.1 Å². The molecule has 1 heterocycles. The standard InChI is InChI=1S/C12H15NO/c1-2-10-3-5-11(6-4-10)12-9-14-8-7-13-12/h2-6,12-13H,1,7-9H2. The van der Waals surface area contributed by atoms with Crippen molar-refractivity contribution in [3.8, 4) is 0 Å². The molecule has 1 aliphatic heterocycles. The molecule has 1 N–H and O–H groups in total. The van der Waals surface area contributed by atoms with Gasteiger partial charge >= 0.3 is 0 Å². The van der Waals surface area contributed by atoms with E-state index in [9.17, 15) is 0 Å². The number of hydrogen-bond acceptors (Lipinski definition) is 2. The maximum absolute atomic E-state index is 5.41. The summed E-state index contributed by atoms with van der Waals surface area (Å²) in [5, 5.41) is 3.42. The van der Waals surface area contributed by atoms with Gasteiger partial charge in [-0.2, -0.15) is 0 Å². The highest BCUT2D eigenvalue weighted by molar-refractivity contribution is 5.47. The SMILES string of the molecule is C=Cc1ccc(C2COCCN2)cc1. The summed E-state index contributed by atoms with van der Waals surface area (Å²) in [6.07, 6.45) is 1.86. The fraction of sp³-hybridized carbons (Fsp3) is 0.333. The summed E-state index contributed by atoms with van der Waals surface area (Å²) in [5.74, 6) is 0. The highest BCUT2D eigenvalue weighted by Crippen LogP contribution is 2.16. The van der Waals surface area contributed by atoms with E-state index >= 15 is 0 Å². The molecule has 0 aromatic heterocycles. The van der Waals surface area contributed by atoms with Crippen molar-refractivity contribution in [1.82, 2.24) is 5.32 Å². The molecule has 0 bridgehead atoms. The van der Waals surface area contributed by atoms with E-state index in [4.69, 9.17) is 4.74 Å². The quantitative estimate of drug-likeness (QED) is 0.768. The first-order valence-electron chi connectivity index (χ1n) is 4.93. The van der Waals surface area contributed by atoms with E-state index in [-0.39, 0.29) is 0 Å². The van der Waals surface area contributed by atoms with E-state index in [1.807, 2.05) is 6.08 Å². The fourth-order valence-electron chi connectivity index (χ4n) is 1.64. The minimum absolute atomic E-state index is 0.350. The van der Waals surface area contributed by atoms with E-state index in [1.165, 1.54) is 5.56 Å². The smallest absolute Gasteiger partial charge is 0.0662 e. The van der Waals surface area contributed by atoms with Gasteiger partial charge in [-0.25, -0.2) is 0 Å². The summed E-state index contributed by atoms with van der Waals surface area (Å²) in [7, 11) is 0. The minimum Gasteiger partial charge on any atom is -0.378 e. The first-order chi connectivity index (χ1) is 6.90. The molecule has 2 rings (SSSR count). The molecule has 1 saturated heterocycles. The Kier molecular flexibility index (Phi) is 2.96. The zero-order chi connectivity index (χ0) is 9.80. The van der Waals surface area contributed by atoms with Crippen LogP contribution in [0.25, 0.3) is 6.08 Å². The van der Waals surface area contributed by atoms with Gasteiger partial charge < -0.3 is 10.1 Å². The lowest BCUT2D eigenvalue weighted by atomic mass is 10.0. The second-order valence-corrected chi connectivity index (χ2v) is 3.45. The third-order valence-electron chi connectivity index (χ3n) is 2.50. The average Bonchev–Trinajstić information content (AvgIpc) is 2.30. The van der Waals surface area contributed by atoms with Gasteiger partial charge in [0.2, 0.25) is 0 Å². The molecule has 1 atom stereocenters. The molecule has 0 spiro atoms. The van der Waals surface area contributed by atoms with Crippen LogP contribution >= 0.6 is 0 Å². The number of benzene rings is 1. The Morgan fingerprint density at radius 2 is 2.14 bits per heavy atom. The fourth-order valence-corrected chi connectivity index (χ4v) is 1.64. The molecule has 0 radical (unpaired) electrons. The molecule has 2 nitrogen and oxygen atoms in total. The lowest BCUT2D eigenvalue weighted by Gasteiger charge is -2.24. The first kappa shape index (κ1) is 9.44. The van der Waals surface area contributed by atoms with Crippen LogP contribution in [0.15, 0.2) is 30.8 Å². The molecule has 74 valence electrons. The molecule has 14 heavy (non-hydrogen) atoms. The largest absolute Gasteiger partial charge is 0.378 e. The minimum atomic E-state index is 0.350. The Labute approximate surface area is 84.6 Å². The third-order valence-corrected chi connectivity index (χ3v) is 2.50. The van der Waals surface area contributed by atoms with Crippen LogP contribution in [0, 0.1) is 0 Å². The molecule has 1 aliphatic rings. The average molecular weight is 189 g/mol. The summed E-state index contributed by atoms with van der Waals surface area (Å²) >= 11 is 0. The van der Waals surface area contributed by atoms with Crippen LogP contribution in [-0.2, 0) is 4.74 Å². The predicted molar refractivity (Wildman–Crippen MR) is 58.1 cm³/mol. The van der Waals surface area contributed by atoms with Crippen LogP contribution in [0.5, 0.6) is 0 Å². The summed E-state index contributed by atoms with van der Waals surface area (Å²) in [4.78, 5) is 0. The van der Waals surface area contributed by atoms with Crippen molar-refractivity contribution < 1.29 is 4.74 Å². The molecule has 1 aromatic carbocycles. The molecule has 1 unspecified atom stereocenters. The van der Waals surface area contributed by atoms with Crippen molar-refractivity contribution in [2.75, 3.05) is 19.8 Å². The lowest BCUT2D eigenvalue weighted by Crippen LogP contribution is -2.34. The van der Waals surface area contributed by atoms with Crippen molar-refractivity contribution in [2.45, 2.75) is 6.04 Å². The molecule has 0 amide bonds. The van der Waals surface area contributed by atoms with E-state index in [0.29, 0.717) is 6.04 Å². The van der Waals surface area contributed by atoms with Gasteiger partial charge in [-0.15, -0.1) is 0 Å². The van der Waals surface area contributed by atoms with E-state index in [1.54, 1.807) is 0 Å². The highest BCUT2D eigenvalue weighted by Gasteiger charge is 2.14. The Bertz CT molecular complexity index is 299. The maximum atomic E-state index is 5.41. The van der Waals surface area contributed by atoms with E-state index in [0.717, 1.165) is 25.3 Å². The highest BCUT2D eigenvalue weighted by atomic mass is 16.5. The van der Waals surface area contributed by atoms with Gasteiger partial charge in [0, 0.05) is 6.54 Å². The van der Waals surface area contributed by atoms with Crippen LogP contribution in [0.4, 0.5) is 0 Å². The Hall–Kier alpha value is -1.12. The number of morpholine rings is 1. The molecular weight excluding hydrogens is 174 g/mol. The second kappa shape index (κ2) is 4.40. The molecule has 1 aromatic rings. The Morgan fingerprint density at radius 3 is 2.71 bits per heavy atom. The third kappa shape index (κ3) is 2.03. The van der Waals surface area contributed by atoms with E-state index < -0.39 is 0 Å². The van der Waals surface area contributed by atoms with Crippen LogP contribution in [0.2, 0.25) is 0 Å². The maximum Gasteiger partial charge on any atom is 0.0662 e. The van der Waals surface area contributed by atoms with Gasteiger partial charge in [0.15, 0.2) is 0 Å². The predicted octanol–water partition coefficient (Wildman–Crippen LogP) is 1.99. The van der Waals surface area contributed by atoms with Gasteiger partial charge in [-0.1, -0.05) is 36.9 Å². The van der Waals surface area contributed by atoms with Gasteiger partial charge in [0.25, 0.3) is 0 Å². The van der Waals surface area contributed by atoms with Gasteiger partial charge in [0.05, 0.1) is 19.3 Å². The van der Waals surface area contributed by atoms with Gasteiger partial charge in [0.1, 0.15) is 0 Å². The number of ether oxygens (including phenoxy) is 1. The lowest BCUT2D eigenvalue weighted by molar-refractivity contribution is 0.0769. The van der Waals surface area contributed by atoms with Crippen molar-refractivity contribution in [3.63, 3.8) is 0 Å². The molecular formula is C12H15NO. The Balaban J connectivity index is 2.11. The summed E-state index contributed by atoms with van der Waals surface area (Å²) in [5.41, 5.74) is 2.45. The van der Waals surface area contributed by atoms with Crippen molar-refractivity contribution in [2.24, 2.45) is 0 Å². The Morgan fingerprint density at radius 1 is 1.36 bits per heavy atom. The van der Waals surface area contributed by atoms with Crippen LogP contribution in [0.3, 0.4) is 0 Å². The topological polar surface area (TPSA) is 21.3 Å². The second-order valence-electron chi connectivity index (χ2n) is 3.45. The molecule has 2 heteroatoms. The first-order valence-corrected chi connectivity index (χ1v) is 4.93. The molecule has 0 aliphatic carbocycles. The number of rotatable bonds is 2. The van der Waals surface area contributed by atoms with Crippen LogP contribution < -0.4 is 5.32 Å². The van der Waals surface area contributed by atoms with E-state index in [2.05, 4.69) is 36.2 Å². The monoisotopic (exact) mass is 189 g/mol. The van der Waals surface area contributed by atoms with Gasteiger partial charge in [-0.3, -0.25) is 0 Å². The van der Waals surface area contributed by atoms with Crippen LogP contribution in [0.1, 0.15) is 17.2 Å². The number of nitrogens with one attached hydrogen (secondary N) is 1. The van der Waals surface area contributed by atoms with Crippen molar-refractivity contribution in [3.05, 3.63) is 42.0 Å². The number of hydrogen-bond donors (Lipinski definition) is 1. The zero-order valence-corrected chi connectivity index (χ0v) is 8.20. The summed E-state index contributed by atoms with van der Waals surface area (Å²) in [6.45, 7) is 6.26. The van der Waals surface area contributed by atoms with Crippen molar-refractivity contribution >= 4 is 6.08 Å².